The predicted molar refractivity (Wildman–Crippen MR) is 38.5 cm³/mol. The van der Waals surface area contributed by atoms with Crippen molar-refractivity contribution in [2.45, 2.75) is 32.4 Å². The summed E-state index contributed by atoms with van der Waals surface area (Å²) >= 11 is 0. The van der Waals surface area contributed by atoms with E-state index in [-0.39, 0.29) is 0 Å². The smallest absolute Gasteiger partial charge is 0.205 e. The maximum atomic E-state index is 12.2. The highest BCUT2D eigenvalue weighted by Gasteiger charge is 2.52. The van der Waals surface area contributed by atoms with Crippen LogP contribution in [0.15, 0.2) is 0 Å². The topological polar surface area (TPSA) is 3.24 Å². The van der Waals surface area contributed by atoms with Crippen molar-refractivity contribution in [1.29, 1.82) is 0 Å². The number of halogens is 6. The molecule has 0 saturated heterocycles. The van der Waals surface area contributed by atoms with Crippen molar-refractivity contribution >= 4 is 0 Å². The summed E-state index contributed by atoms with van der Waals surface area (Å²) in [5.41, 5.74) is 0. The van der Waals surface area contributed by atoms with E-state index in [1.54, 1.807) is 0 Å². The lowest BCUT2D eigenvalue weighted by Gasteiger charge is -2.33. The first kappa shape index (κ1) is 13.5. The minimum absolute atomic E-state index is 0.401. The van der Waals surface area contributed by atoms with Crippen molar-refractivity contribution in [3.8, 4) is 0 Å². The molecule has 0 bridgehead atoms. The van der Waals surface area contributed by atoms with Crippen molar-refractivity contribution in [3.63, 3.8) is 0 Å². The van der Waals surface area contributed by atoms with Gasteiger partial charge in [0.2, 0.25) is 0 Å². The molecule has 0 radical (unpaired) electrons. The van der Waals surface area contributed by atoms with Crippen LogP contribution >= 0.6 is 0 Å². The SMILES string of the molecule is CC(C)C(N(C)C(F)(F)F)C(F)(F)F. The fraction of sp³-hybridized carbons (Fsp3) is 1.00. The van der Waals surface area contributed by atoms with Gasteiger partial charge in [-0.15, -0.1) is 0 Å². The van der Waals surface area contributed by atoms with Gasteiger partial charge in [-0.2, -0.15) is 26.3 Å². The molecule has 0 aromatic heterocycles. The lowest BCUT2D eigenvalue weighted by atomic mass is 10.0. The quantitative estimate of drug-likeness (QED) is 0.513. The first-order valence-corrected chi connectivity index (χ1v) is 3.84. The van der Waals surface area contributed by atoms with E-state index in [2.05, 4.69) is 0 Å². The highest BCUT2D eigenvalue weighted by molar-refractivity contribution is 4.80. The third kappa shape index (κ3) is 3.36. The third-order valence-corrected chi connectivity index (χ3v) is 1.78. The molecule has 0 aliphatic rings. The van der Waals surface area contributed by atoms with Gasteiger partial charge in [-0.3, -0.25) is 0 Å². The van der Waals surface area contributed by atoms with E-state index in [1.807, 2.05) is 0 Å². The molecule has 0 aliphatic heterocycles. The molecule has 14 heavy (non-hydrogen) atoms. The molecule has 0 amide bonds. The Hall–Kier alpha value is -0.460. The van der Waals surface area contributed by atoms with Gasteiger partial charge < -0.3 is 0 Å². The fourth-order valence-electron chi connectivity index (χ4n) is 1.20. The molecule has 0 heterocycles. The van der Waals surface area contributed by atoms with Gasteiger partial charge in [-0.1, -0.05) is 13.8 Å². The monoisotopic (exact) mass is 223 g/mol. The number of hydrogen-bond acceptors (Lipinski definition) is 1. The summed E-state index contributed by atoms with van der Waals surface area (Å²) in [6.07, 6.45) is -9.84. The minimum Gasteiger partial charge on any atom is -0.205 e. The van der Waals surface area contributed by atoms with Crippen LogP contribution in [0.5, 0.6) is 0 Å². The molecular weight excluding hydrogens is 212 g/mol. The van der Waals surface area contributed by atoms with Crippen molar-refractivity contribution in [2.24, 2.45) is 5.92 Å². The normalized spacial score (nSPS) is 16.5. The fourth-order valence-corrected chi connectivity index (χ4v) is 1.20. The van der Waals surface area contributed by atoms with Crippen LogP contribution in [0.4, 0.5) is 26.3 Å². The average Bonchev–Trinajstić information content (AvgIpc) is 1.79. The van der Waals surface area contributed by atoms with E-state index in [1.165, 1.54) is 0 Å². The van der Waals surface area contributed by atoms with E-state index in [0.717, 1.165) is 13.8 Å². The Morgan fingerprint density at radius 3 is 1.36 bits per heavy atom. The highest BCUT2D eigenvalue weighted by Crippen LogP contribution is 2.34. The molecule has 86 valence electrons. The van der Waals surface area contributed by atoms with Crippen LogP contribution in [-0.2, 0) is 0 Å². The first-order valence-electron chi connectivity index (χ1n) is 3.84. The molecular formula is C7H11F6N. The van der Waals surface area contributed by atoms with Crippen LogP contribution in [-0.4, -0.2) is 30.5 Å². The maximum absolute atomic E-state index is 12.2. The van der Waals surface area contributed by atoms with Gasteiger partial charge in [0.25, 0.3) is 0 Å². The molecule has 0 saturated carbocycles. The maximum Gasteiger partial charge on any atom is 0.460 e. The van der Waals surface area contributed by atoms with Crippen LogP contribution in [0.25, 0.3) is 0 Å². The molecule has 1 atom stereocenters. The van der Waals surface area contributed by atoms with E-state index >= 15 is 0 Å². The van der Waals surface area contributed by atoms with Crippen molar-refractivity contribution in [2.75, 3.05) is 7.05 Å². The van der Waals surface area contributed by atoms with E-state index in [0.29, 0.717) is 7.05 Å². The van der Waals surface area contributed by atoms with E-state index in [9.17, 15) is 26.3 Å². The third-order valence-electron chi connectivity index (χ3n) is 1.78. The molecule has 0 aromatic carbocycles. The second-order valence-corrected chi connectivity index (χ2v) is 3.31. The molecule has 0 fully saturated rings. The van der Waals surface area contributed by atoms with Crippen molar-refractivity contribution in [3.05, 3.63) is 0 Å². The average molecular weight is 223 g/mol. The van der Waals surface area contributed by atoms with Gasteiger partial charge in [0.15, 0.2) is 0 Å². The lowest BCUT2D eigenvalue weighted by Crippen LogP contribution is -2.52. The number of rotatable bonds is 2. The predicted octanol–water partition coefficient (Wildman–Crippen LogP) is 3.02. The Labute approximate surface area is 77.7 Å². The molecule has 1 nitrogen and oxygen atoms in total. The van der Waals surface area contributed by atoms with Crippen LogP contribution < -0.4 is 0 Å². The van der Waals surface area contributed by atoms with Crippen molar-refractivity contribution < 1.29 is 26.3 Å². The Balaban J connectivity index is 4.86. The zero-order valence-corrected chi connectivity index (χ0v) is 7.87. The van der Waals surface area contributed by atoms with Crippen molar-refractivity contribution in [1.82, 2.24) is 4.90 Å². The number of nitrogens with zero attached hydrogens (tertiary/aromatic N) is 1. The Kier molecular flexibility index (Phi) is 3.83. The second kappa shape index (κ2) is 3.96. The lowest BCUT2D eigenvalue weighted by molar-refractivity contribution is -0.299. The Bertz CT molecular complexity index is 182. The summed E-state index contributed by atoms with van der Waals surface area (Å²) in [6, 6.07) is -2.50. The van der Waals surface area contributed by atoms with Gasteiger partial charge in [0.1, 0.15) is 6.04 Å². The summed E-state index contributed by atoms with van der Waals surface area (Å²) in [5, 5.41) is 0. The van der Waals surface area contributed by atoms with Crippen LogP contribution in [0.2, 0.25) is 0 Å². The Morgan fingerprint density at radius 2 is 1.29 bits per heavy atom. The summed E-state index contributed by atoms with van der Waals surface area (Å²) in [6.45, 7) is 2.20. The largest absolute Gasteiger partial charge is 0.460 e. The second-order valence-electron chi connectivity index (χ2n) is 3.31. The summed E-state index contributed by atoms with van der Waals surface area (Å²) in [5.74, 6) is -1.15. The zero-order valence-electron chi connectivity index (χ0n) is 7.87. The van der Waals surface area contributed by atoms with Gasteiger partial charge in [-0.05, 0) is 13.0 Å². The summed E-state index contributed by atoms with van der Waals surface area (Å²) < 4.78 is 72.7. The van der Waals surface area contributed by atoms with Crippen LogP contribution in [0, 0.1) is 5.92 Å². The van der Waals surface area contributed by atoms with Gasteiger partial charge in [0.05, 0.1) is 0 Å². The molecule has 0 rings (SSSR count). The summed E-state index contributed by atoms with van der Waals surface area (Å²) in [4.78, 5) is -0.613. The Morgan fingerprint density at radius 1 is 0.929 bits per heavy atom. The number of alkyl halides is 6. The van der Waals surface area contributed by atoms with Crippen LogP contribution in [0.3, 0.4) is 0 Å². The standard InChI is InChI=1S/C7H11F6N/c1-4(2)5(6(8,9)10)14(3)7(11,12)13/h4-5H,1-3H3. The molecule has 0 N–H and O–H groups in total. The molecule has 7 heteroatoms. The molecule has 0 aliphatic carbocycles. The van der Waals surface area contributed by atoms with Gasteiger partial charge >= 0.3 is 12.5 Å². The van der Waals surface area contributed by atoms with Gasteiger partial charge in [-0.25, -0.2) is 4.90 Å². The highest BCUT2D eigenvalue weighted by atomic mass is 19.4. The van der Waals surface area contributed by atoms with Gasteiger partial charge in [0, 0.05) is 0 Å². The summed E-state index contributed by atoms with van der Waals surface area (Å²) in [7, 11) is 0.401. The molecule has 0 aromatic rings. The minimum atomic E-state index is -4.97. The first-order chi connectivity index (χ1) is 5.98. The number of hydrogen-bond donors (Lipinski definition) is 0. The molecule has 1 unspecified atom stereocenters. The zero-order chi connectivity index (χ0) is 11.7. The van der Waals surface area contributed by atoms with Crippen LogP contribution in [0.1, 0.15) is 13.8 Å². The molecule has 0 spiro atoms. The van der Waals surface area contributed by atoms with E-state index in [4.69, 9.17) is 0 Å². The van der Waals surface area contributed by atoms with E-state index < -0.39 is 29.3 Å².